The quantitative estimate of drug-likeness (QED) is 0.600. The molecule has 126 valence electrons. The van der Waals surface area contributed by atoms with Gasteiger partial charge in [0.15, 0.2) is 0 Å². The van der Waals surface area contributed by atoms with Crippen molar-refractivity contribution in [1.29, 1.82) is 0 Å². The van der Waals surface area contributed by atoms with E-state index in [-0.39, 0.29) is 6.04 Å². The summed E-state index contributed by atoms with van der Waals surface area (Å²) in [6.07, 6.45) is 2.70. The van der Waals surface area contributed by atoms with E-state index in [1.807, 2.05) is 73.8 Å². The molecule has 0 N–H and O–H groups in total. The van der Waals surface area contributed by atoms with Crippen molar-refractivity contribution in [3.05, 3.63) is 100 Å². The summed E-state index contributed by atoms with van der Waals surface area (Å²) in [5.41, 5.74) is 3.72. The molecule has 1 aromatic heterocycles. The maximum absolute atomic E-state index is 11.5. The Kier molecular flexibility index (Phi) is 5.59. The fraction of sp³-hybridized carbons (Fsp3) is 0.143. The summed E-state index contributed by atoms with van der Waals surface area (Å²) in [6, 6.07) is 21.3. The molecule has 1 heterocycles. The number of carbonyl (C=O) groups is 1. The summed E-state index contributed by atoms with van der Waals surface area (Å²) < 4.78 is 0. The van der Waals surface area contributed by atoms with Crippen molar-refractivity contribution in [1.82, 2.24) is 9.88 Å². The van der Waals surface area contributed by atoms with Gasteiger partial charge < -0.3 is 0 Å². The predicted molar refractivity (Wildman–Crippen MR) is 101 cm³/mol. The van der Waals surface area contributed by atoms with Crippen LogP contribution in [-0.2, 0) is 6.54 Å². The van der Waals surface area contributed by atoms with E-state index in [1.165, 1.54) is 0 Å². The lowest BCUT2D eigenvalue weighted by molar-refractivity contribution is 0.112. The minimum atomic E-state index is -0.0688. The summed E-state index contributed by atoms with van der Waals surface area (Å²) >= 11 is 6.05. The highest BCUT2D eigenvalue weighted by Gasteiger charge is 2.22. The summed E-state index contributed by atoms with van der Waals surface area (Å²) in [4.78, 5) is 18.1. The van der Waals surface area contributed by atoms with Gasteiger partial charge in [0.25, 0.3) is 0 Å². The number of aromatic nitrogens is 1. The van der Waals surface area contributed by atoms with Crippen LogP contribution in [0.5, 0.6) is 0 Å². The molecule has 0 aliphatic heterocycles. The molecule has 1 unspecified atom stereocenters. The monoisotopic (exact) mass is 350 g/mol. The number of nitrogens with zero attached hydrogens (tertiary/aromatic N) is 2. The molecule has 3 rings (SSSR count). The molecule has 1 atom stereocenters. The van der Waals surface area contributed by atoms with Gasteiger partial charge in [-0.05, 0) is 42.4 Å². The minimum absolute atomic E-state index is 0.0688. The Balaban J connectivity index is 2.02. The molecule has 0 amide bonds. The zero-order valence-electron chi connectivity index (χ0n) is 14.0. The van der Waals surface area contributed by atoms with E-state index >= 15 is 0 Å². The molecule has 0 saturated heterocycles. The van der Waals surface area contributed by atoms with Gasteiger partial charge in [-0.2, -0.15) is 0 Å². The number of pyridine rings is 1. The highest BCUT2D eigenvalue weighted by Crippen LogP contribution is 2.31. The van der Waals surface area contributed by atoms with Crippen LogP contribution in [0.2, 0.25) is 5.02 Å². The van der Waals surface area contributed by atoms with E-state index in [9.17, 15) is 4.79 Å². The SMILES string of the molecule is CN(Cc1ccccn1)C(c1ccc(Cl)cc1)c1ccccc1C=O. The second-order valence-electron chi connectivity index (χ2n) is 5.94. The van der Waals surface area contributed by atoms with Gasteiger partial charge in [0, 0.05) is 23.3 Å². The van der Waals surface area contributed by atoms with Crippen molar-refractivity contribution in [3.8, 4) is 0 Å². The van der Waals surface area contributed by atoms with Gasteiger partial charge in [-0.15, -0.1) is 0 Å². The third-order valence-electron chi connectivity index (χ3n) is 4.18. The smallest absolute Gasteiger partial charge is 0.150 e. The summed E-state index contributed by atoms with van der Waals surface area (Å²) in [7, 11) is 2.04. The van der Waals surface area contributed by atoms with Gasteiger partial charge in [0.2, 0.25) is 0 Å². The Hall–Kier alpha value is -2.49. The van der Waals surface area contributed by atoms with Crippen molar-refractivity contribution in [2.45, 2.75) is 12.6 Å². The number of carbonyl (C=O) groups excluding carboxylic acids is 1. The van der Waals surface area contributed by atoms with Crippen LogP contribution in [0.1, 0.15) is 33.2 Å². The van der Waals surface area contributed by atoms with Crippen LogP contribution in [0.25, 0.3) is 0 Å². The average Bonchev–Trinajstić information content (AvgIpc) is 2.65. The topological polar surface area (TPSA) is 33.2 Å². The summed E-state index contributed by atoms with van der Waals surface area (Å²) in [5, 5.41) is 0.693. The molecule has 0 spiro atoms. The Morgan fingerprint density at radius 3 is 2.44 bits per heavy atom. The molecule has 3 aromatic rings. The van der Waals surface area contributed by atoms with Crippen LogP contribution < -0.4 is 0 Å². The van der Waals surface area contributed by atoms with Crippen molar-refractivity contribution in [3.63, 3.8) is 0 Å². The van der Waals surface area contributed by atoms with E-state index in [1.54, 1.807) is 6.20 Å². The van der Waals surface area contributed by atoms with E-state index in [4.69, 9.17) is 11.6 Å². The highest BCUT2D eigenvalue weighted by molar-refractivity contribution is 6.30. The lowest BCUT2D eigenvalue weighted by Crippen LogP contribution is -2.26. The maximum Gasteiger partial charge on any atom is 0.150 e. The van der Waals surface area contributed by atoms with Crippen LogP contribution in [0.3, 0.4) is 0 Å². The molecule has 0 aliphatic carbocycles. The van der Waals surface area contributed by atoms with Crippen molar-refractivity contribution in [2.75, 3.05) is 7.05 Å². The second-order valence-corrected chi connectivity index (χ2v) is 6.37. The first-order chi connectivity index (χ1) is 12.2. The fourth-order valence-corrected chi connectivity index (χ4v) is 3.15. The van der Waals surface area contributed by atoms with Crippen LogP contribution in [-0.4, -0.2) is 23.2 Å². The molecular weight excluding hydrogens is 332 g/mol. The lowest BCUT2D eigenvalue weighted by Gasteiger charge is -2.29. The zero-order valence-corrected chi connectivity index (χ0v) is 14.7. The molecule has 0 aliphatic rings. The third-order valence-corrected chi connectivity index (χ3v) is 4.43. The number of hydrogen-bond donors (Lipinski definition) is 0. The third kappa shape index (κ3) is 4.13. The van der Waals surface area contributed by atoms with E-state index in [2.05, 4.69) is 9.88 Å². The lowest BCUT2D eigenvalue weighted by atomic mass is 9.93. The molecule has 3 nitrogen and oxygen atoms in total. The van der Waals surface area contributed by atoms with Gasteiger partial charge in [0.1, 0.15) is 6.29 Å². The van der Waals surface area contributed by atoms with Crippen LogP contribution in [0, 0.1) is 0 Å². The molecule has 25 heavy (non-hydrogen) atoms. The minimum Gasteiger partial charge on any atom is -0.298 e. The Morgan fingerprint density at radius 1 is 1.04 bits per heavy atom. The van der Waals surface area contributed by atoms with Crippen LogP contribution in [0.15, 0.2) is 72.9 Å². The van der Waals surface area contributed by atoms with Crippen LogP contribution >= 0.6 is 11.6 Å². The van der Waals surface area contributed by atoms with Crippen LogP contribution in [0.4, 0.5) is 0 Å². The van der Waals surface area contributed by atoms with Crippen molar-refractivity contribution >= 4 is 17.9 Å². The van der Waals surface area contributed by atoms with E-state index in [0.29, 0.717) is 17.1 Å². The molecule has 0 fully saturated rings. The normalized spacial score (nSPS) is 12.1. The number of benzene rings is 2. The van der Waals surface area contributed by atoms with Crippen molar-refractivity contribution < 1.29 is 4.79 Å². The fourth-order valence-electron chi connectivity index (χ4n) is 3.02. The number of hydrogen-bond acceptors (Lipinski definition) is 3. The van der Waals surface area contributed by atoms with E-state index in [0.717, 1.165) is 23.1 Å². The molecule has 0 radical (unpaired) electrons. The van der Waals surface area contributed by atoms with Gasteiger partial charge in [0.05, 0.1) is 11.7 Å². The molecule has 0 saturated carbocycles. The second kappa shape index (κ2) is 8.06. The van der Waals surface area contributed by atoms with Gasteiger partial charge >= 0.3 is 0 Å². The van der Waals surface area contributed by atoms with Gasteiger partial charge in [-0.1, -0.05) is 54.1 Å². The van der Waals surface area contributed by atoms with Crippen molar-refractivity contribution in [2.24, 2.45) is 0 Å². The molecule has 2 aromatic carbocycles. The van der Waals surface area contributed by atoms with E-state index < -0.39 is 0 Å². The first-order valence-electron chi connectivity index (χ1n) is 8.09. The largest absolute Gasteiger partial charge is 0.298 e. The number of rotatable bonds is 6. The number of aldehydes is 1. The first-order valence-corrected chi connectivity index (χ1v) is 8.46. The Morgan fingerprint density at radius 2 is 1.76 bits per heavy atom. The summed E-state index contributed by atoms with van der Waals surface area (Å²) in [6.45, 7) is 0.668. The highest BCUT2D eigenvalue weighted by atomic mass is 35.5. The first kappa shape index (κ1) is 17.3. The number of halogens is 1. The molecule has 0 bridgehead atoms. The Bertz CT molecular complexity index is 834. The predicted octanol–water partition coefficient (Wildman–Crippen LogP) is 4.77. The average molecular weight is 351 g/mol. The van der Waals surface area contributed by atoms with Gasteiger partial charge in [-0.3, -0.25) is 14.7 Å². The molecular formula is C21H19ClN2O. The summed E-state index contributed by atoms with van der Waals surface area (Å²) in [5.74, 6) is 0. The maximum atomic E-state index is 11.5. The molecule has 4 heteroatoms. The van der Waals surface area contributed by atoms with Gasteiger partial charge in [-0.25, -0.2) is 0 Å². The standard InChI is InChI=1S/C21H19ClN2O/c1-24(14-19-7-4-5-13-23-19)21(16-9-11-18(22)12-10-16)20-8-3-2-6-17(20)15-25/h2-13,15,21H,14H2,1H3. The Labute approximate surface area is 152 Å². The zero-order chi connectivity index (χ0) is 17.6.